The SMILES string of the molecule is Cc1ccccc1[C@@H]1SCC(=O)N1[C@H](CC(C)C)C(=O)N1CCN(C)CC1. The van der Waals surface area contributed by atoms with Gasteiger partial charge in [-0.3, -0.25) is 9.59 Å². The Labute approximate surface area is 167 Å². The van der Waals surface area contributed by atoms with E-state index in [9.17, 15) is 9.59 Å². The quantitative estimate of drug-likeness (QED) is 0.777. The molecule has 0 aromatic heterocycles. The van der Waals surface area contributed by atoms with Gasteiger partial charge in [-0.2, -0.15) is 0 Å². The van der Waals surface area contributed by atoms with Crippen molar-refractivity contribution in [3.8, 4) is 0 Å². The van der Waals surface area contributed by atoms with Gasteiger partial charge < -0.3 is 14.7 Å². The van der Waals surface area contributed by atoms with E-state index < -0.39 is 0 Å². The minimum Gasteiger partial charge on any atom is -0.338 e. The number of thioether (sulfide) groups is 1. The van der Waals surface area contributed by atoms with Gasteiger partial charge >= 0.3 is 0 Å². The van der Waals surface area contributed by atoms with Gasteiger partial charge in [0.1, 0.15) is 11.4 Å². The molecule has 148 valence electrons. The lowest BCUT2D eigenvalue weighted by atomic mass is 9.99. The maximum Gasteiger partial charge on any atom is 0.245 e. The summed E-state index contributed by atoms with van der Waals surface area (Å²) in [6.07, 6.45) is 0.708. The average molecular weight is 390 g/mol. The third-order valence-electron chi connectivity index (χ3n) is 5.49. The third-order valence-corrected chi connectivity index (χ3v) is 6.70. The van der Waals surface area contributed by atoms with Crippen LogP contribution in [-0.2, 0) is 9.59 Å². The Morgan fingerprint density at radius 3 is 2.48 bits per heavy atom. The van der Waals surface area contributed by atoms with Gasteiger partial charge in [-0.1, -0.05) is 38.1 Å². The van der Waals surface area contributed by atoms with Crippen molar-refractivity contribution in [2.75, 3.05) is 39.0 Å². The molecular formula is C21H31N3O2S. The number of hydrogen-bond acceptors (Lipinski definition) is 4. The fraction of sp³-hybridized carbons (Fsp3) is 0.619. The molecule has 2 amide bonds. The minimum atomic E-state index is -0.375. The van der Waals surface area contributed by atoms with Crippen LogP contribution in [0, 0.1) is 12.8 Å². The van der Waals surface area contributed by atoms with Crippen LogP contribution in [0.4, 0.5) is 0 Å². The van der Waals surface area contributed by atoms with Gasteiger partial charge in [0.15, 0.2) is 0 Å². The number of likely N-dealkylation sites (N-methyl/N-ethyl adjacent to an activating group) is 1. The van der Waals surface area contributed by atoms with Gasteiger partial charge in [0.25, 0.3) is 0 Å². The number of aryl methyl sites for hydroxylation is 1. The number of carbonyl (C=O) groups is 2. The summed E-state index contributed by atoms with van der Waals surface area (Å²) in [4.78, 5) is 32.4. The second kappa shape index (κ2) is 8.65. The molecule has 2 saturated heterocycles. The summed E-state index contributed by atoms with van der Waals surface area (Å²) in [5.74, 6) is 0.999. The molecule has 6 heteroatoms. The molecule has 0 unspecified atom stereocenters. The molecule has 2 fully saturated rings. The Morgan fingerprint density at radius 2 is 1.85 bits per heavy atom. The maximum atomic E-state index is 13.4. The van der Waals surface area contributed by atoms with Gasteiger partial charge in [-0.05, 0) is 37.4 Å². The van der Waals surface area contributed by atoms with Crippen LogP contribution in [-0.4, -0.2) is 71.5 Å². The first-order valence-corrected chi connectivity index (χ1v) is 10.9. The maximum absolute atomic E-state index is 13.4. The van der Waals surface area contributed by atoms with Crippen molar-refractivity contribution in [2.45, 2.75) is 38.6 Å². The Hall–Kier alpha value is -1.53. The summed E-state index contributed by atoms with van der Waals surface area (Å²) in [6, 6.07) is 7.83. The number of hydrogen-bond donors (Lipinski definition) is 0. The number of amides is 2. The van der Waals surface area contributed by atoms with Crippen LogP contribution in [0.5, 0.6) is 0 Å². The molecule has 27 heavy (non-hydrogen) atoms. The van der Waals surface area contributed by atoms with Crippen LogP contribution in [0.3, 0.4) is 0 Å². The van der Waals surface area contributed by atoms with E-state index in [1.54, 1.807) is 11.8 Å². The summed E-state index contributed by atoms with van der Waals surface area (Å²) in [7, 11) is 2.09. The topological polar surface area (TPSA) is 43.9 Å². The number of rotatable bonds is 5. The second-order valence-electron chi connectivity index (χ2n) is 8.09. The number of benzene rings is 1. The monoisotopic (exact) mass is 389 g/mol. The lowest BCUT2D eigenvalue weighted by Gasteiger charge is -2.39. The molecule has 2 aliphatic heterocycles. The molecule has 0 spiro atoms. The zero-order valence-electron chi connectivity index (χ0n) is 16.9. The van der Waals surface area contributed by atoms with Gasteiger partial charge in [0.05, 0.1) is 5.75 Å². The molecule has 1 aromatic rings. The summed E-state index contributed by atoms with van der Waals surface area (Å²) in [5, 5.41) is -0.0705. The largest absolute Gasteiger partial charge is 0.338 e. The van der Waals surface area contributed by atoms with Gasteiger partial charge in [0.2, 0.25) is 11.8 Å². The molecule has 2 aliphatic rings. The van der Waals surface area contributed by atoms with E-state index in [2.05, 4.69) is 44.9 Å². The highest BCUT2D eigenvalue weighted by Crippen LogP contribution is 2.42. The van der Waals surface area contributed by atoms with Crippen LogP contribution in [0.25, 0.3) is 0 Å². The zero-order valence-corrected chi connectivity index (χ0v) is 17.7. The fourth-order valence-electron chi connectivity index (χ4n) is 3.89. The van der Waals surface area contributed by atoms with E-state index in [4.69, 9.17) is 0 Å². The van der Waals surface area contributed by atoms with Crippen molar-refractivity contribution in [1.82, 2.24) is 14.7 Å². The van der Waals surface area contributed by atoms with Crippen molar-refractivity contribution >= 4 is 23.6 Å². The van der Waals surface area contributed by atoms with Crippen LogP contribution in [0.2, 0.25) is 0 Å². The Morgan fingerprint density at radius 1 is 1.19 bits per heavy atom. The van der Waals surface area contributed by atoms with Crippen molar-refractivity contribution in [1.29, 1.82) is 0 Å². The van der Waals surface area contributed by atoms with Crippen LogP contribution >= 0.6 is 11.8 Å². The molecular weight excluding hydrogens is 358 g/mol. The lowest BCUT2D eigenvalue weighted by molar-refractivity contribution is -0.146. The predicted molar refractivity (Wildman–Crippen MR) is 111 cm³/mol. The highest BCUT2D eigenvalue weighted by molar-refractivity contribution is 8.00. The van der Waals surface area contributed by atoms with E-state index in [-0.39, 0.29) is 23.2 Å². The Kier molecular flexibility index (Phi) is 6.48. The summed E-state index contributed by atoms with van der Waals surface area (Å²) < 4.78 is 0. The van der Waals surface area contributed by atoms with E-state index in [0.717, 1.165) is 31.7 Å². The van der Waals surface area contributed by atoms with E-state index >= 15 is 0 Å². The molecule has 0 radical (unpaired) electrons. The highest BCUT2D eigenvalue weighted by atomic mass is 32.2. The van der Waals surface area contributed by atoms with Crippen LogP contribution in [0.1, 0.15) is 36.8 Å². The molecule has 0 saturated carbocycles. The zero-order chi connectivity index (χ0) is 19.6. The first-order valence-electron chi connectivity index (χ1n) is 9.84. The molecule has 2 atom stereocenters. The molecule has 5 nitrogen and oxygen atoms in total. The molecule has 0 aliphatic carbocycles. The van der Waals surface area contributed by atoms with Crippen molar-refractivity contribution < 1.29 is 9.59 Å². The lowest BCUT2D eigenvalue weighted by Crippen LogP contribution is -2.55. The second-order valence-corrected chi connectivity index (χ2v) is 9.16. The average Bonchev–Trinajstić information content (AvgIpc) is 3.01. The van der Waals surface area contributed by atoms with Crippen molar-refractivity contribution in [3.63, 3.8) is 0 Å². The molecule has 0 bridgehead atoms. The standard InChI is InChI=1S/C21H31N3O2S/c1-15(2)13-18(20(26)23-11-9-22(4)10-12-23)24-19(25)14-27-21(24)17-8-6-5-7-16(17)3/h5-8,15,18,21H,9-14H2,1-4H3/t18-,21+/m1/s1. The fourth-order valence-corrected chi connectivity index (χ4v) is 5.21. The highest BCUT2D eigenvalue weighted by Gasteiger charge is 2.43. The minimum absolute atomic E-state index is 0.0705. The Bertz CT molecular complexity index is 686. The molecule has 1 aromatic carbocycles. The smallest absolute Gasteiger partial charge is 0.245 e. The number of nitrogens with zero attached hydrogens (tertiary/aromatic N) is 3. The van der Waals surface area contributed by atoms with Crippen molar-refractivity contribution in [3.05, 3.63) is 35.4 Å². The van der Waals surface area contributed by atoms with Crippen LogP contribution in [0.15, 0.2) is 24.3 Å². The van der Waals surface area contributed by atoms with Crippen molar-refractivity contribution in [2.24, 2.45) is 5.92 Å². The summed E-state index contributed by atoms with van der Waals surface area (Å²) in [6.45, 7) is 9.61. The molecule has 0 N–H and O–H groups in total. The number of piperazine rings is 1. The van der Waals surface area contributed by atoms with E-state index in [0.29, 0.717) is 18.1 Å². The summed E-state index contributed by atoms with van der Waals surface area (Å²) in [5.41, 5.74) is 2.32. The normalized spacial score (nSPS) is 22.6. The van der Waals surface area contributed by atoms with Crippen LogP contribution < -0.4 is 0 Å². The van der Waals surface area contributed by atoms with E-state index in [1.165, 1.54) is 5.56 Å². The van der Waals surface area contributed by atoms with E-state index in [1.807, 2.05) is 21.9 Å². The number of carbonyl (C=O) groups excluding carboxylic acids is 2. The van der Waals surface area contributed by atoms with Gasteiger partial charge in [0, 0.05) is 26.2 Å². The first-order chi connectivity index (χ1) is 12.9. The molecule has 3 rings (SSSR count). The molecule has 2 heterocycles. The van der Waals surface area contributed by atoms with Gasteiger partial charge in [-0.25, -0.2) is 0 Å². The summed E-state index contributed by atoms with van der Waals surface area (Å²) >= 11 is 1.64. The first kappa shape index (κ1) is 20.2. The predicted octanol–water partition coefficient (Wildman–Crippen LogP) is 2.76. The van der Waals surface area contributed by atoms with Gasteiger partial charge in [-0.15, -0.1) is 11.8 Å². The third kappa shape index (κ3) is 4.49. The Balaban J connectivity index is 1.89.